The Hall–Kier alpha value is -2.04. The molecule has 1 aromatic carbocycles. The highest BCUT2D eigenvalue weighted by Crippen LogP contribution is 2.29. The highest BCUT2D eigenvalue weighted by atomic mass is 35.5. The topological polar surface area (TPSA) is 46.4 Å². The minimum absolute atomic E-state index is 0.116. The highest BCUT2D eigenvalue weighted by Gasteiger charge is 2.05. The van der Waals surface area contributed by atoms with E-state index < -0.39 is 0 Å². The molecule has 2 aromatic heterocycles. The van der Waals surface area contributed by atoms with E-state index in [0.29, 0.717) is 33.6 Å². The summed E-state index contributed by atoms with van der Waals surface area (Å²) < 4.78 is 1.50. The molecule has 1 N–H and O–H groups in total. The van der Waals surface area contributed by atoms with Crippen molar-refractivity contribution in [1.82, 2.24) is 9.38 Å². The molecule has 0 unspecified atom stereocenters. The zero-order valence-corrected chi connectivity index (χ0v) is 12.4. The quantitative estimate of drug-likeness (QED) is 0.802. The molecule has 3 aromatic rings. The number of anilines is 1. The molecule has 3 rings (SSSR count). The maximum Gasteiger partial charge on any atom is 0.258 e. The number of aromatic nitrogens is 2. The fourth-order valence-electron chi connectivity index (χ4n) is 2.02. The van der Waals surface area contributed by atoms with Crippen molar-refractivity contribution < 1.29 is 0 Å². The summed E-state index contributed by atoms with van der Waals surface area (Å²) in [5, 5.41) is 4.07. The van der Waals surface area contributed by atoms with Gasteiger partial charge in [-0.05, 0) is 24.3 Å². The van der Waals surface area contributed by atoms with Gasteiger partial charge in [0, 0.05) is 12.3 Å². The Bertz CT molecular complexity index is 861. The third kappa shape index (κ3) is 2.86. The standard InChI is InChI=1S/C15H11Cl2N3O/c16-11-4-3-5-12(15(11)17)18-9-10-8-14(21)20-7-2-1-6-13(20)19-10/h1-8,18H,9H2. The first-order chi connectivity index (χ1) is 10.1. The molecule has 6 heteroatoms. The van der Waals surface area contributed by atoms with Gasteiger partial charge in [-0.25, -0.2) is 4.98 Å². The molecule has 0 bridgehead atoms. The number of pyridine rings is 1. The third-order valence-electron chi connectivity index (χ3n) is 3.04. The molecule has 2 heterocycles. The summed E-state index contributed by atoms with van der Waals surface area (Å²) in [5.74, 6) is 0. The molecule has 0 aliphatic heterocycles. The second kappa shape index (κ2) is 5.76. The number of hydrogen-bond donors (Lipinski definition) is 1. The van der Waals surface area contributed by atoms with Gasteiger partial charge >= 0.3 is 0 Å². The summed E-state index contributed by atoms with van der Waals surface area (Å²) in [5.41, 5.74) is 1.84. The molecule has 106 valence electrons. The SMILES string of the molecule is O=c1cc(CNc2cccc(Cl)c2Cl)nc2ccccn12. The van der Waals surface area contributed by atoms with E-state index >= 15 is 0 Å². The van der Waals surface area contributed by atoms with E-state index in [1.165, 1.54) is 10.5 Å². The van der Waals surface area contributed by atoms with Crippen LogP contribution in [0.4, 0.5) is 5.69 Å². The Morgan fingerprint density at radius 2 is 2.00 bits per heavy atom. The molecular formula is C15H11Cl2N3O. The van der Waals surface area contributed by atoms with E-state index in [-0.39, 0.29) is 5.56 Å². The Morgan fingerprint density at radius 1 is 1.14 bits per heavy atom. The van der Waals surface area contributed by atoms with Gasteiger partial charge in [0.25, 0.3) is 5.56 Å². The summed E-state index contributed by atoms with van der Waals surface area (Å²) in [6.45, 7) is 0.390. The van der Waals surface area contributed by atoms with Crippen LogP contribution in [0.1, 0.15) is 5.69 Å². The summed E-state index contributed by atoms with van der Waals surface area (Å²) in [4.78, 5) is 16.4. The van der Waals surface area contributed by atoms with Gasteiger partial charge in [-0.3, -0.25) is 9.20 Å². The van der Waals surface area contributed by atoms with Crippen molar-refractivity contribution in [1.29, 1.82) is 0 Å². The first-order valence-corrected chi connectivity index (χ1v) is 7.06. The molecule has 0 spiro atoms. The Kier molecular flexibility index (Phi) is 3.82. The van der Waals surface area contributed by atoms with Gasteiger partial charge in [0.15, 0.2) is 0 Å². The molecule has 0 aliphatic carbocycles. The highest BCUT2D eigenvalue weighted by molar-refractivity contribution is 6.43. The third-order valence-corrected chi connectivity index (χ3v) is 3.85. The van der Waals surface area contributed by atoms with Crippen LogP contribution in [0.15, 0.2) is 53.5 Å². The lowest BCUT2D eigenvalue weighted by atomic mass is 10.3. The van der Waals surface area contributed by atoms with Crippen LogP contribution in [0, 0.1) is 0 Å². The first-order valence-electron chi connectivity index (χ1n) is 6.30. The van der Waals surface area contributed by atoms with Crippen LogP contribution in [-0.2, 0) is 6.54 Å². The van der Waals surface area contributed by atoms with Gasteiger partial charge in [-0.1, -0.05) is 35.3 Å². The summed E-state index contributed by atoms with van der Waals surface area (Å²) >= 11 is 12.1. The smallest absolute Gasteiger partial charge is 0.258 e. The molecular weight excluding hydrogens is 309 g/mol. The second-order valence-corrected chi connectivity index (χ2v) is 5.25. The van der Waals surface area contributed by atoms with Gasteiger partial charge in [-0.2, -0.15) is 0 Å². The van der Waals surface area contributed by atoms with Gasteiger partial charge in [0.2, 0.25) is 0 Å². The fraction of sp³-hybridized carbons (Fsp3) is 0.0667. The fourth-order valence-corrected chi connectivity index (χ4v) is 2.39. The van der Waals surface area contributed by atoms with E-state index in [0.717, 1.165) is 0 Å². The summed E-state index contributed by atoms with van der Waals surface area (Å²) in [6, 6.07) is 12.3. The van der Waals surface area contributed by atoms with Gasteiger partial charge in [0.1, 0.15) is 5.65 Å². The molecule has 21 heavy (non-hydrogen) atoms. The Morgan fingerprint density at radius 3 is 2.86 bits per heavy atom. The molecule has 0 fully saturated rings. The number of fused-ring (bicyclic) bond motifs is 1. The van der Waals surface area contributed by atoms with E-state index in [4.69, 9.17) is 23.2 Å². The molecule has 0 radical (unpaired) electrons. The zero-order valence-electron chi connectivity index (χ0n) is 10.9. The van der Waals surface area contributed by atoms with Crippen LogP contribution in [0.5, 0.6) is 0 Å². The number of hydrogen-bond acceptors (Lipinski definition) is 3. The van der Waals surface area contributed by atoms with Crippen molar-refractivity contribution in [2.75, 3.05) is 5.32 Å². The van der Waals surface area contributed by atoms with Crippen LogP contribution in [0.2, 0.25) is 10.0 Å². The van der Waals surface area contributed by atoms with Crippen LogP contribution in [-0.4, -0.2) is 9.38 Å². The Labute approximate surface area is 131 Å². The van der Waals surface area contributed by atoms with Crippen molar-refractivity contribution in [2.24, 2.45) is 0 Å². The molecule has 0 saturated carbocycles. The largest absolute Gasteiger partial charge is 0.378 e. The van der Waals surface area contributed by atoms with Crippen molar-refractivity contribution in [3.8, 4) is 0 Å². The van der Waals surface area contributed by atoms with Crippen molar-refractivity contribution >= 4 is 34.5 Å². The molecule has 0 atom stereocenters. The summed E-state index contributed by atoms with van der Waals surface area (Å²) in [6.07, 6.45) is 1.69. The minimum atomic E-state index is -0.116. The lowest BCUT2D eigenvalue weighted by Gasteiger charge is -2.09. The van der Waals surface area contributed by atoms with Crippen LogP contribution >= 0.6 is 23.2 Å². The lowest BCUT2D eigenvalue weighted by Crippen LogP contribution is -2.16. The Balaban J connectivity index is 1.89. The molecule has 0 saturated heterocycles. The first kappa shape index (κ1) is 13.9. The summed E-state index contributed by atoms with van der Waals surface area (Å²) in [7, 11) is 0. The normalized spacial score (nSPS) is 10.8. The van der Waals surface area contributed by atoms with Gasteiger partial charge in [0.05, 0.1) is 28.0 Å². The number of rotatable bonds is 3. The lowest BCUT2D eigenvalue weighted by molar-refractivity contribution is 0.971. The van der Waals surface area contributed by atoms with Gasteiger partial charge in [-0.15, -0.1) is 0 Å². The van der Waals surface area contributed by atoms with Crippen molar-refractivity contribution in [3.63, 3.8) is 0 Å². The minimum Gasteiger partial charge on any atom is -0.378 e. The predicted octanol–water partition coefficient (Wildman–Crippen LogP) is 3.61. The van der Waals surface area contributed by atoms with Crippen LogP contribution in [0.25, 0.3) is 5.65 Å². The number of nitrogens with one attached hydrogen (secondary N) is 1. The average molecular weight is 320 g/mol. The maximum atomic E-state index is 12.0. The van der Waals surface area contributed by atoms with Crippen molar-refractivity contribution in [3.05, 3.63) is 74.8 Å². The van der Waals surface area contributed by atoms with E-state index in [9.17, 15) is 4.79 Å². The van der Waals surface area contributed by atoms with Crippen LogP contribution < -0.4 is 10.9 Å². The number of halogens is 2. The van der Waals surface area contributed by atoms with E-state index in [1.807, 2.05) is 12.1 Å². The molecule has 0 amide bonds. The number of benzene rings is 1. The maximum absolute atomic E-state index is 12.0. The second-order valence-electron chi connectivity index (χ2n) is 4.47. The zero-order chi connectivity index (χ0) is 14.8. The predicted molar refractivity (Wildman–Crippen MR) is 85.3 cm³/mol. The molecule has 4 nitrogen and oxygen atoms in total. The monoisotopic (exact) mass is 319 g/mol. The van der Waals surface area contributed by atoms with Crippen LogP contribution in [0.3, 0.4) is 0 Å². The van der Waals surface area contributed by atoms with E-state index in [1.54, 1.807) is 30.5 Å². The van der Waals surface area contributed by atoms with E-state index in [2.05, 4.69) is 10.3 Å². The van der Waals surface area contributed by atoms with Crippen molar-refractivity contribution in [2.45, 2.75) is 6.54 Å². The average Bonchev–Trinajstić information content (AvgIpc) is 2.49. The number of nitrogens with zero attached hydrogens (tertiary/aromatic N) is 2. The van der Waals surface area contributed by atoms with Gasteiger partial charge < -0.3 is 5.32 Å². The molecule has 0 aliphatic rings.